The number of ether oxygens (including phenoxy) is 2. The number of nitrogens with one attached hydrogen (secondary N) is 1. The molecule has 0 aliphatic heterocycles. The molecule has 0 unspecified atom stereocenters. The molecule has 2 aromatic rings. The Hall–Kier alpha value is -2.53. The van der Waals surface area contributed by atoms with Crippen LogP contribution in [0.3, 0.4) is 0 Å². The van der Waals surface area contributed by atoms with Crippen LogP contribution >= 0.6 is 11.6 Å². The molecule has 1 N–H and O–H groups in total. The standard InChI is InChI=1S/C18H18ClNO4/c1-12(15-5-3-4-6-16(15)19)20-18(22)11-24-17-8-7-14(23-2)9-13(17)10-21/h3-10,12H,11H2,1-2H3,(H,20,22)/t12-/m1/s1. The molecule has 0 saturated carbocycles. The van der Waals surface area contributed by atoms with Gasteiger partial charge in [0, 0.05) is 5.02 Å². The lowest BCUT2D eigenvalue weighted by Crippen LogP contribution is -2.31. The van der Waals surface area contributed by atoms with E-state index in [1.54, 1.807) is 24.3 Å². The maximum absolute atomic E-state index is 12.0. The lowest BCUT2D eigenvalue weighted by Gasteiger charge is -2.16. The lowest BCUT2D eigenvalue weighted by atomic mass is 10.1. The predicted molar refractivity (Wildman–Crippen MR) is 91.9 cm³/mol. The SMILES string of the molecule is COc1ccc(OCC(=O)N[C@H](C)c2ccccc2Cl)c(C=O)c1. The Kier molecular flexibility index (Phi) is 6.21. The van der Waals surface area contributed by atoms with Crippen molar-refractivity contribution >= 4 is 23.8 Å². The fraction of sp³-hybridized carbons (Fsp3) is 0.222. The number of carbonyl (C=O) groups is 2. The molecule has 0 radical (unpaired) electrons. The third-order valence-electron chi connectivity index (χ3n) is 3.45. The van der Waals surface area contributed by atoms with Crippen molar-refractivity contribution < 1.29 is 19.1 Å². The van der Waals surface area contributed by atoms with Crippen molar-refractivity contribution in [2.45, 2.75) is 13.0 Å². The molecule has 1 atom stereocenters. The summed E-state index contributed by atoms with van der Waals surface area (Å²) < 4.78 is 10.5. The third kappa shape index (κ3) is 4.49. The average molecular weight is 348 g/mol. The predicted octanol–water partition coefficient (Wildman–Crippen LogP) is 3.42. The summed E-state index contributed by atoms with van der Waals surface area (Å²) in [5, 5.41) is 3.39. The minimum atomic E-state index is -0.310. The minimum Gasteiger partial charge on any atom is -0.497 e. The van der Waals surface area contributed by atoms with Crippen molar-refractivity contribution in [2.24, 2.45) is 0 Å². The maximum atomic E-state index is 12.0. The summed E-state index contributed by atoms with van der Waals surface area (Å²) in [7, 11) is 1.51. The van der Waals surface area contributed by atoms with Crippen LogP contribution in [0, 0.1) is 0 Å². The quantitative estimate of drug-likeness (QED) is 0.779. The van der Waals surface area contributed by atoms with Gasteiger partial charge in [-0.05, 0) is 36.8 Å². The van der Waals surface area contributed by atoms with Gasteiger partial charge in [0.05, 0.1) is 18.7 Å². The Morgan fingerprint density at radius 3 is 2.71 bits per heavy atom. The van der Waals surface area contributed by atoms with Gasteiger partial charge in [0.25, 0.3) is 5.91 Å². The monoisotopic (exact) mass is 347 g/mol. The molecule has 0 aliphatic rings. The van der Waals surface area contributed by atoms with Gasteiger partial charge in [0.15, 0.2) is 12.9 Å². The van der Waals surface area contributed by atoms with Gasteiger partial charge in [-0.15, -0.1) is 0 Å². The third-order valence-corrected chi connectivity index (χ3v) is 3.80. The van der Waals surface area contributed by atoms with E-state index in [4.69, 9.17) is 21.1 Å². The molecule has 126 valence electrons. The van der Waals surface area contributed by atoms with E-state index < -0.39 is 0 Å². The summed E-state index contributed by atoms with van der Waals surface area (Å²) in [5.41, 5.74) is 1.15. The smallest absolute Gasteiger partial charge is 0.258 e. The number of halogens is 1. The summed E-state index contributed by atoms with van der Waals surface area (Å²) in [6.07, 6.45) is 0.655. The molecule has 24 heavy (non-hydrogen) atoms. The summed E-state index contributed by atoms with van der Waals surface area (Å²) in [4.78, 5) is 23.1. The molecular formula is C18H18ClNO4. The van der Waals surface area contributed by atoms with Crippen LogP contribution in [-0.2, 0) is 4.79 Å². The second-order valence-electron chi connectivity index (χ2n) is 5.12. The zero-order valence-corrected chi connectivity index (χ0v) is 14.2. The van der Waals surface area contributed by atoms with Crippen LogP contribution in [0.5, 0.6) is 11.5 Å². The van der Waals surface area contributed by atoms with Crippen molar-refractivity contribution in [3.8, 4) is 11.5 Å². The van der Waals surface area contributed by atoms with Crippen molar-refractivity contribution in [3.63, 3.8) is 0 Å². The van der Waals surface area contributed by atoms with Gasteiger partial charge < -0.3 is 14.8 Å². The van der Waals surface area contributed by atoms with Crippen LogP contribution in [-0.4, -0.2) is 25.9 Å². The zero-order chi connectivity index (χ0) is 17.5. The highest BCUT2D eigenvalue weighted by Crippen LogP contribution is 2.23. The van der Waals surface area contributed by atoms with E-state index >= 15 is 0 Å². The Balaban J connectivity index is 1.96. The topological polar surface area (TPSA) is 64.6 Å². The Morgan fingerprint density at radius 2 is 2.04 bits per heavy atom. The van der Waals surface area contributed by atoms with Crippen LogP contribution < -0.4 is 14.8 Å². The van der Waals surface area contributed by atoms with Crippen LogP contribution in [0.4, 0.5) is 0 Å². The first-order valence-electron chi connectivity index (χ1n) is 7.35. The van der Waals surface area contributed by atoms with E-state index in [0.29, 0.717) is 28.4 Å². The molecule has 0 spiro atoms. The van der Waals surface area contributed by atoms with Gasteiger partial charge in [-0.3, -0.25) is 9.59 Å². The van der Waals surface area contributed by atoms with E-state index in [1.807, 2.05) is 25.1 Å². The largest absolute Gasteiger partial charge is 0.497 e. The number of benzene rings is 2. The molecule has 2 aromatic carbocycles. The van der Waals surface area contributed by atoms with Gasteiger partial charge in [-0.25, -0.2) is 0 Å². The highest BCUT2D eigenvalue weighted by atomic mass is 35.5. The van der Waals surface area contributed by atoms with E-state index in [0.717, 1.165) is 5.56 Å². The second kappa shape index (κ2) is 8.36. The number of rotatable bonds is 7. The molecule has 0 heterocycles. The van der Waals surface area contributed by atoms with Gasteiger partial charge in [0.2, 0.25) is 0 Å². The summed E-state index contributed by atoms with van der Waals surface area (Å²) >= 11 is 6.11. The molecule has 5 nitrogen and oxygen atoms in total. The van der Waals surface area contributed by atoms with E-state index in [-0.39, 0.29) is 18.6 Å². The highest BCUT2D eigenvalue weighted by molar-refractivity contribution is 6.31. The minimum absolute atomic E-state index is 0.206. The second-order valence-corrected chi connectivity index (χ2v) is 5.53. The Labute approximate surface area is 145 Å². The number of amides is 1. The van der Waals surface area contributed by atoms with Gasteiger partial charge in [-0.1, -0.05) is 29.8 Å². The van der Waals surface area contributed by atoms with Gasteiger partial charge >= 0.3 is 0 Å². The van der Waals surface area contributed by atoms with Gasteiger partial charge in [0.1, 0.15) is 11.5 Å². The molecule has 0 saturated heterocycles. The molecule has 0 aromatic heterocycles. The van der Waals surface area contributed by atoms with E-state index in [9.17, 15) is 9.59 Å². The van der Waals surface area contributed by atoms with Gasteiger partial charge in [-0.2, -0.15) is 0 Å². The number of hydrogen-bond acceptors (Lipinski definition) is 4. The van der Waals surface area contributed by atoms with E-state index in [1.165, 1.54) is 7.11 Å². The first-order chi connectivity index (χ1) is 11.5. The number of methoxy groups -OCH3 is 1. The number of aldehydes is 1. The van der Waals surface area contributed by atoms with Crippen molar-refractivity contribution in [1.82, 2.24) is 5.32 Å². The molecule has 0 aliphatic carbocycles. The molecule has 1 amide bonds. The fourth-order valence-corrected chi connectivity index (χ4v) is 2.51. The van der Waals surface area contributed by atoms with E-state index in [2.05, 4.69) is 5.32 Å². The first-order valence-corrected chi connectivity index (χ1v) is 7.72. The van der Waals surface area contributed by atoms with Crippen LogP contribution in [0.15, 0.2) is 42.5 Å². The summed E-state index contributed by atoms with van der Waals surface area (Å²) in [6.45, 7) is 1.63. The van der Waals surface area contributed by atoms with Crippen LogP contribution in [0.1, 0.15) is 28.9 Å². The maximum Gasteiger partial charge on any atom is 0.258 e. The fourth-order valence-electron chi connectivity index (χ4n) is 2.21. The highest BCUT2D eigenvalue weighted by Gasteiger charge is 2.13. The normalized spacial score (nSPS) is 11.5. The molecular weight excluding hydrogens is 330 g/mol. The van der Waals surface area contributed by atoms with Crippen molar-refractivity contribution in [1.29, 1.82) is 0 Å². The number of carbonyl (C=O) groups excluding carboxylic acids is 2. The zero-order valence-electron chi connectivity index (χ0n) is 13.4. The van der Waals surface area contributed by atoms with Crippen molar-refractivity contribution in [3.05, 3.63) is 58.6 Å². The summed E-state index contributed by atoms with van der Waals surface area (Å²) in [6, 6.07) is 11.8. The molecule has 2 rings (SSSR count). The summed E-state index contributed by atoms with van der Waals surface area (Å²) in [5.74, 6) is 0.558. The molecule has 6 heteroatoms. The molecule has 0 bridgehead atoms. The van der Waals surface area contributed by atoms with Crippen LogP contribution in [0.25, 0.3) is 0 Å². The first kappa shape index (κ1) is 17.8. The Bertz CT molecular complexity index is 733. The average Bonchev–Trinajstić information content (AvgIpc) is 2.60. The molecule has 0 fully saturated rings. The van der Waals surface area contributed by atoms with Crippen molar-refractivity contribution in [2.75, 3.05) is 13.7 Å². The lowest BCUT2D eigenvalue weighted by molar-refractivity contribution is -0.123. The Morgan fingerprint density at radius 1 is 1.29 bits per heavy atom. The van der Waals surface area contributed by atoms with Crippen LogP contribution in [0.2, 0.25) is 5.02 Å². The number of hydrogen-bond donors (Lipinski definition) is 1.